The van der Waals surface area contributed by atoms with Crippen LogP contribution in [0.4, 0.5) is 0 Å². The predicted molar refractivity (Wildman–Crippen MR) is 34.7 cm³/mol. The van der Waals surface area contributed by atoms with Gasteiger partial charge in [0.15, 0.2) is 0 Å². The van der Waals surface area contributed by atoms with Crippen LogP contribution in [0, 0.1) is 0 Å². The van der Waals surface area contributed by atoms with Crippen LogP contribution in [-0.2, 0) is 20.4 Å². The van der Waals surface area contributed by atoms with Crippen molar-refractivity contribution >= 4 is 0 Å². The Hall–Kier alpha value is 0.674. The van der Waals surface area contributed by atoms with E-state index in [2.05, 4.69) is 12.2 Å². The molecule has 0 aliphatic carbocycles. The number of hydrogen-bond donors (Lipinski definition) is 1. The van der Waals surface area contributed by atoms with Crippen molar-refractivity contribution < 1.29 is 20.4 Å². The molecule has 0 aliphatic heterocycles. The molecular weight excluding hydrogens is 134 g/mol. The molecular formula is C6H16NTi. The van der Waals surface area contributed by atoms with Crippen LogP contribution in [0.2, 0.25) is 5.23 Å². The van der Waals surface area contributed by atoms with Crippen LogP contribution in [0.1, 0.15) is 19.8 Å². The fourth-order valence-corrected chi connectivity index (χ4v) is 0.354. The molecule has 0 heterocycles. The maximum atomic E-state index is 3.07. The maximum absolute atomic E-state index is 3.07. The quantitative estimate of drug-likeness (QED) is 0.475. The molecule has 0 bridgehead atoms. The fourth-order valence-electron chi connectivity index (χ4n) is 0.354. The molecule has 1 N–H and O–H groups in total. The third-order valence-electron chi connectivity index (χ3n) is 0.780. The first-order chi connectivity index (χ1) is 3.91. The van der Waals surface area contributed by atoms with Crippen molar-refractivity contribution in [3.8, 4) is 0 Å². The van der Waals surface area contributed by atoms with Crippen molar-refractivity contribution in [1.82, 2.24) is 5.32 Å². The Morgan fingerprint density at radius 1 is 1.38 bits per heavy atom. The summed E-state index contributed by atoms with van der Waals surface area (Å²) in [6, 6.07) is 0. The van der Waals surface area contributed by atoms with Crippen molar-refractivity contribution in [2.45, 2.75) is 25.0 Å². The Labute approximate surface area is 64.6 Å². The molecule has 8 heavy (non-hydrogen) atoms. The van der Waals surface area contributed by atoms with Gasteiger partial charge >= 0.3 is 25.7 Å². The molecule has 0 aromatic heterocycles. The van der Waals surface area contributed by atoms with Gasteiger partial charge in [0.2, 0.25) is 0 Å². The van der Waals surface area contributed by atoms with E-state index in [9.17, 15) is 0 Å². The third-order valence-corrected chi connectivity index (χ3v) is 0.780. The van der Waals surface area contributed by atoms with Gasteiger partial charge in [0, 0.05) is 0 Å². The average molecular weight is 150 g/mol. The molecule has 0 aromatic rings. The van der Waals surface area contributed by atoms with Gasteiger partial charge in [0.25, 0.3) is 0 Å². The molecule has 0 saturated heterocycles. The summed E-state index contributed by atoms with van der Waals surface area (Å²) >= 11 is 2.00. The Bertz CT molecular complexity index is 20.5. The van der Waals surface area contributed by atoms with Gasteiger partial charge in [-0.15, -0.1) is 0 Å². The standard InChI is InChI=1S/C5H13N.CH3.Ti/c1-3-4-5-6-2;;/h6H,3-5H2,1-2H3;1H3;. The van der Waals surface area contributed by atoms with E-state index in [0.717, 1.165) is 6.54 Å². The number of nitrogens with one attached hydrogen (secondary N) is 1. The molecule has 0 spiro atoms. The van der Waals surface area contributed by atoms with Gasteiger partial charge in [-0.3, -0.25) is 0 Å². The molecule has 0 radical (unpaired) electrons. The summed E-state index contributed by atoms with van der Waals surface area (Å²) in [6.45, 7) is 3.36. The van der Waals surface area contributed by atoms with Crippen molar-refractivity contribution in [2.75, 3.05) is 13.6 Å². The predicted octanol–water partition coefficient (Wildman–Crippen LogP) is 1.59. The first-order valence-corrected chi connectivity index (χ1v) is 4.62. The van der Waals surface area contributed by atoms with Crippen molar-refractivity contribution in [2.24, 2.45) is 0 Å². The molecule has 0 rings (SSSR count). The van der Waals surface area contributed by atoms with Gasteiger partial charge in [0.05, 0.1) is 0 Å². The Morgan fingerprint density at radius 3 is 2.00 bits per heavy atom. The van der Waals surface area contributed by atoms with Gasteiger partial charge in [-0.2, -0.15) is 0 Å². The van der Waals surface area contributed by atoms with E-state index in [1.54, 1.807) is 0 Å². The summed E-state index contributed by atoms with van der Waals surface area (Å²) in [6.07, 6.45) is 2.59. The van der Waals surface area contributed by atoms with Gasteiger partial charge in [-0.05, 0) is 20.0 Å². The molecule has 0 fully saturated rings. The Balaban J connectivity index is 0. The normalized spacial score (nSPS) is 7.25. The molecule has 0 aromatic carbocycles. The van der Waals surface area contributed by atoms with Gasteiger partial charge in [-0.25, -0.2) is 0 Å². The zero-order valence-electron chi connectivity index (χ0n) is 6.12. The van der Waals surface area contributed by atoms with Crippen molar-refractivity contribution in [3.63, 3.8) is 0 Å². The number of unbranched alkanes of at least 4 members (excludes halogenated alkanes) is 1. The molecule has 2 heteroatoms. The second-order valence-corrected chi connectivity index (χ2v) is 1.46. The fraction of sp³-hybridized carbons (Fsp3) is 1.00. The number of hydrogen-bond acceptors (Lipinski definition) is 1. The monoisotopic (exact) mass is 150 g/mol. The zero-order chi connectivity index (χ0) is 6.83. The van der Waals surface area contributed by atoms with Crippen LogP contribution in [0.25, 0.3) is 0 Å². The SMILES string of the molecule is CCCCNC.[CH3][Ti]. The van der Waals surface area contributed by atoms with E-state index in [1.165, 1.54) is 12.8 Å². The minimum atomic E-state index is 1.16. The van der Waals surface area contributed by atoms with Crippen LogP contribution in [0.5, 0.6) is 0 Å². The molecule has 1 nitrogen and oxygen atoms in total. The van der Waals surface area contributed by atoms with Crippen LogP contribution in [0.15, 0.2) is 0 Å². The van der Waals surface area contributed by atoms with Crippen LogP contribution in [0.3, 0.4) is 0 Å². The van der Waals surface area contributed by atoms with Crippen molar-refractivity contribution in [1.29, 1.82) is 0 Å². The van der Waals surface area contributed by atoms with Crippen LogP contribution in [-0.4, -0.2) is 13.6 Å². The molecule has 0 unspecified atom stereocenters. The summed E-state index contributed by atoms with van der Waals surface area (Å²) in [7, 11) is 1.98. The summed E-state index contributed by atoms with van der Waals surface area (Å²) in [5.74, 6) is 0. The zero-order valence-corrected chi connectivity index (χ0v) is 7.68. The molecule has 0 aliphatic rings. The summed E-state index contributed by atoms with van der Waals surface area (Å²) in [5.41, 5.74) is 0. The second-order valence-electron chi connectivity index (χ2n) is 1.46. The minimum absolute atomic E-state index is 1.16. The molecule has 49 valence electrons. The summed E-state index contributed by atoms with van der Waals surface area (Å²) in [5, 5.41) is 5.07. The van der Waals surface area contributed by atoms with Gasteiger partial charge in [0.1, 0.15) is 0 Å². The first-order valence-electron chi connectivity index (χ1n) is 3.06. The van der Waals surface area contributed by atoms with E-state index in [0.29, 0.717) is 0 Å². The van der Waals surface area contributed by atoms with Gasteiger partial charge in [-0.1, -0.05) is 13.3 Å². The number of rotatable bonds is 3. The first kappa shape index (κ1) is 11.5. The molecule has 0 saturated carbocycles. The second kappa shape index (κ2) is 15.6. The average Bonchev–Trinajstić information content (AvgIpc) is 1.88. The summed E-state index contributed by atoms with van der Waals surface area (Å²) in [4.78, 5) is 0. The van der Waals surface area contributed by atoms with Crippen molar-refractivity contribution in [3.05, 3.63) is 0 Å². The molecule has 0 atom stereocenters. The van der Waals surface area contributed by atoms with E-state index >= 15 is 0 Å². The van der Waals surface area contributed by atoms with E-state index in [4.69, 9.17) is 0 Å². The Kier molecular flexibility index (Phi) is 22.4. The van der Waals surface area contributed by atoms with E-state index in [-0.39, 0.29) is 0 Å². The summed E-state index contributed by atoms with van der Waals surface area (Å²) < 4.78 is 0. The Morgan fingerprint density at radius 2 is 1.88 bits per heavy atom. The van der Waals surface area contributed by atoms with E-state index < -0.39 is 0 Å². The van der Waals surface area contributed by atoms with Crippen LogP contribution < -0.4 is 5.32 Å². The third kappa shape index (κ3) is 15.9. The van der Waals surface area contributed by atoms with Gasteiger partial charge < -0.3 is 5.32 Å². The van der Waals surface area contributed by atoms with Crippen LogP contribution >= 0.6 is 0 Å². The molecule has 0 amide bonds. The topological polar surface area (TPSA) is 12.0 Å². The van der Waals surface area contributed by atoms with E-state index in [1.807, 2.05) is 32.7 Å².